The number of amides is 1. The van der Waals surface area contributed by atoms with Gasteiger partial charge in [-0.1, -0.05) is 6.92 Å². The minimum absolute atomic E-state index is 0.0201. The van der Waals surface area contributed by atoms with Gasteiger partial charge < -0.3 is 10.6 Å². The second-order valence-electron chi connectivity index (χ2n) is 5.91. The average molecular weight is 354 g/mol. The highest BCUT2D eigenvalue weighted by atomic mass is 32.2. The van der Waals surface area contributed by atoms with Gasteiger partial charge in [0.2, 0.25) is 15.9 Å². The lowest BCUT2D eigenvalue weighted by molar-refractivity contribution is -0.126. The van der Waals surface area contributed by atoms with Crippen molar-refractivity contribution in [3.8, 4) is 0 Å². The van der Waals surface area contributed by atoms with Crippen LogP contribution < -0.4 is 10.6 Å². The summed E-state index contributed by atoms with van der Waals surface area (Å²) in [5, 5.41) is 6.15. The zero-order chi connectivity index (χ0) is 17.4. The summed E-state index contributed by atoms with van der Waals surface area (Å²) in [5.74, 6) is -0.0942. The minimum atomic E-state index is -3.51. The summed E-state index contributed by atoms with van der Waals surface area (Å²) in [6.45, 7) is 5.13. The Balaban J connectivity index is 1.80. The highest BCUT2D eigenvalue weighted by molar-refractivity contribution is 7.89. The standard InChI is InChI=1S/C16H26N4O3S/c1-2-7-17-9-10-19-16(21)14-5-11-20(12-6-14)24(22,23)15-4-3-8-18-13-15/h3-4,8,13-14,17H,2,5-7,9-12H2,1H3,(H,19,21). The van der Waals surface area contributed by atoms with E-state index >= 15 is 0 Å². The first-order chi connectivity index (χ1) is 11.6. The van der Waals surface area contributed by atoms with E-state index < -0.39 is 10.0 Å². The van der Waals surface area contributed by atoms with E-state index in [2.05, 4.69) is 22.5 Å². The van der Waals surface area contributed by atoms with E-state index in [1.165, 1.54) is 10.5 Å². The van der Waals surface area contributed by atoms with Gasteiger partial charge in [0.15, 0.2) is 0 Å². The smallest absolute Gasteiger partial charge is 0.244 e. The van der Waals surface area contributed by atoms with E-state index in [4.69, 9.17) is 0 Å². The molecule has 0 atom stereocenters. The zero-order valence-electron chi connectivity index (χ0n) is 14.1. The van der Waals surface area contributed by atoms with E-state index in [0.29, 0.717) is 32.5 Å². The molecule has 0 aliphatic carbocycles. The number of nitrogens with one attached hydrogen (secondary N) is 2. The third-order valence-corrected chi connectivity index (χ3v) is 6.01. The molecule has 0 radical (unpaired) electrons. The summed E-state index contributed by atoms with van der Waals surface area (Å²) < 4.78 is 26.5. The van der Waals surface area contributed by atoms with E-state index in [9.17, 15) is 13.2 Å². The van der Waals surface area contributed by atoms with Gasteiger partial charge in [-0.2, -0.15) is 4.31 Å². The number of rotatable bonds is 8. The second-order valence-corrected chi connectivity index (χ2v) is 7.85. The molecule has 1 saturated heterocycles. The van der Waals surface area contributed by atoms with Crippen molar-refractivity contribution in [1.29, 1.82) is 0 Å². The molecule has 7 nitrogen and oxygen atoms in total. The van der Waals surface area contributed by atoms with Crippen LogP contribution in [0.1, 0.15) is 26.2 Å². The molecule has 1 aliphatic heterocycles. The van der Waals surface area contributed by atoms with Gasteiger partial charge in [-0.05, 0) is 37.9 Å². The molecule has 0 unspecified atom stereocenters. The Bertz CT molecular complexity index is 613. The van der Waals surface area contributed by atoms with Crippen molar-refractivity contribution in [2.75, 3.05) is 32.7 Å². The van der Waals surface area contributed by atoms with Crippen LogP contribution in [0.5, 0.6) is 0 Å². The van der Waals surface area contributed by atoms with Crippen LogP contribution in [0.3, 0.4) is 0 Å². The minimum Gasteiger partial charge on any atom is -0.355 e. The Labute approximate surface area is 143 Å². The summed E-state index contributed by atoms with van der Waals surface area (Å²) in [7, 11) is -3.51. The number of pyridine rings is 1. The molecular weight excluding hydrogens is 328 g/mol. The van der Waals surface area contributed by atoms with Crippen LogP contribution in [0.15, 0.2) is 29.4 Å². The van der Waals surface area contributed by atoms with Crippen LogP contribution in [-0.2, 0) is 14.8 Å². The zero-order valence-corrected chi connectivity index (χ0v) is 14.9. The fourth-order valence-electron chi connectivity index (χ4n) is 2.73. The Kier molecular flexibility index (Phi) is 7.14. The van der Waals surface area contributed by atoms with E-state index in [-0.39, 0.29) is 16.7 Å². The first-order valence-corrected chi connectivity index (χ1v) is 9.88. The maximum atomic E-state index is 12.5. The van der Waals surface area contributed by atoms with Gasteiger partial charge in [-0.15, -0.1) is 0 Å². The third-order valence-electron chi connectivity index (χ3n) is 4.12. The van der Waals surface area contributed by atoms with Crippen molar-refractivity contribution in [1.82, 2.24) is 19.9 Å². The number of aromatic nitrogens is 1. The van der Waals surface area contributed by atoms with Crippen molar-refractivity contribution in [3.05, 3.63) is 24.5 Å². The molecule has 1 amide bonds. The Morgan fingerprint density at radius 3 is 2.67 bits per heavy atom. The van der Waals surface area contributed by atoms with Gasteiger partial charge in [0.25, 0.3) is 0 Å². The molecule has 8 heteroatoms. The van der Waals surface area contributed by atoms with Crippen LogP contribution in [-0.4, -0.2) is 56.3 Å². The lowest BCUT2D eigenvalue weighted by atomic mass is 9.97. The quantitative estimate of drug-likeness (QED) is 0.667. The molecule has 1 aromatic heterocycles. The predicted octanol–water partition coefficient (Wildman–Crippen LogP) is 0.598. The molecule has 0 aromatic carbocycles. The van der Waals surface area contributed by atoms with Gasteiger partial charge in [-0.25, -0.2) is 8.42 Å². The summed E-state index contributed by atoms with van der Waals surface area (Å²) in [6.07, 6.45) is 5.07. The SMILES string of the molecule is CCCNCCNC(=O)C1CCN(S(=O)(=O)c2cccnc2)CC1. The van der Waals surface area contributed by atoms with Crippen LogP contribution in [0.4, 0.5) is 0 Å². The topological polar surface area (TPSA) is 91.4 Å². The molecule has 0 bridgehead atoms. The monoisotopic (exact) mass is 354 g/mol. The van der Waals surface area contributed by atoms with Gasteiger partial charge in [0.05, 0.1) is 0 Å². The molecule has 1 fully saturated rings. The number of nitrogens with zero attached hydrogens (tertiary/aromatic N) is 2. The molecule has 24 heavy (non-hydrogen) atoms. The normalized spacial score (nSPS) is 16.9. The molecular formula is C16H26N4O3S. The number of piperidine rings is 1. The lowest BCUT2D eigenvalue weighted by Gasteiger charge is -2.30. The van der Waals surface area contributed by atoms with Crippen molar-refractivity contribution in [2.24, 2.45) is 5.92 Å². The Morgan fingerprint density at radius 2 is 2.04 bits per heavy atom. The van der Waals surface area contributed by atoms with Crippen molar-refractivity contribution < 1.29 is 13.2 Å². The first kappa shape index (κ1) is 18.8. The largest absolute Gasteiger partial charge is 0.355 e. The molecule has 2 heterocycles. The van der Waals surface area contributed by atoms with E-state index in [1.54, 1.807) is 18.3 Å². The van der Waals surface area contributed by atoms with Crippen molar-refractivity contribution >= 4 is 15.9 Å². The third kappa shape index (κ3) is 4.99. The summed E-state index contributed by atoms with van der Waals surface area (Å²) in [5.41, 5.74) is 0. The molecule has 0 spiro atoms. The average Bonchev–Trinajstić information content (AvgIpc) is 2.62. The highest BCUT2D eigenvalue weighted by Gasteiger charge is 2.31. The summed E-state index contributed by atoms with van der Waals surface area (Å²) in [4.78, 5) is 16.2. The second kappa shape index (κ2) is 9.10. The molecule has 134 valence electrons. The van der Waals surface area contributed by atoms with Gasteiger partial charge in [0, 0.05) is 44.5 Å². The fraction of sp³-hybridized carbons (Fsp3) is 0.625. The fourth-order valence-corrected chi connectivity index (χ4v) is 4.16. The maximum Gasteiger partial charge on any atom is 0.244 e. The van der Waals surface area contributed by atoms with E-state index in [1.807, 2.05) is 0 Å². The number of carbonyl (C=O) groups is 1. The van der Waals surface area contributed by atoms with Crippen LogP contribution >= 0.6 is 0 Å². The summed E-state index contributed by atoms with van der Waals surface area (Å²) >= 11 is 0. The number of hydrogen-bond donors (Lipinski definition) is 2. The first-order valence-electron chi connectivity index (χ1n) is 8.44. The van der Waals surface area contributed by atoms with Crippen LogP contribution in [0.25, 0.3) is 0 Å². The molecule has 2 N–H and O–H groups in total. The molecule has 2 rings (SSSR count). The Morgan fingerprint density at radius 1 is 1.29 bits per heavy atom. The molecule has 1 aliphatic rings. The maximum absolute atomic E-state index is 12.5. The summed E-state index contributed by atoms with van der Waals surface area (Å²) in [6, 6.07) is 3.16. The lowest BCUT2D eigenvalue weighted by Crippen LogP contribution is -2.44. The van der Waals surface area contributed by atoms with Crippen LogP contribution in [0, 0.1) is 5.92 Å². The van der Waals surface area contributed by atoms with Crippen molar-refractivity contribution in [2.45, 2.75) is 31.1 Å². The number of hydrogen-bond acceptors (Lipinski definition) is 5. The molecule has 1 aromatic rings. The van der Waals surface area contributed by atoms with Gasteiger partial charge >= 0.3 is 0 Å². The van der Waals surface area contributed by atoms with Crippen molar-refractivity contribution in [3.63, 3.8) is 0 Å². The van der Waals surface area contributed by atoms with E-state index in [0.717, 1.165) is 19.5 Å². The Hall–Kier alpha value is -1.51. The van der Waals surface area contributed by atoms with Gasteiger partial charge in [-0.3, -0.25) is 9.78 Å². The predicted molar refractivity (Wildman–Crippen MR) is 91.9 cm³/mol. The van der Waals surface area contributed by atoms with Crippen LogP contribution in [0.2, 0.25) is 0 Å². The molecule has 0 saturated carbocycles. The van der Waals surface area contributed by atoms with Gasteiger partial charge in [0.1, 0.15) is 4.90 Å². The number of carbonyl (C=O) groups excluding carboxylic acids is 1. The number of sulfonamides is 1. The highest BCUT2D eigenvalue weighted by Crippen LogP contribution is 2.23.